The Balaban J connectivity index is 1.43. The predicted octanol–water partition coefficient (Wildman–Crippen LogP) is 8.21. The van der Waals surface area contributed by atoms with Gasteiger partial charge in [-0.3, -0.25) is 14.4 Å². The third kappa shape index (κ3) is 9.37. The summed E-state index contributed by atoms with van der Waals surface area (Å²) in [7, 11) is 4.49. The van der Waals surface area contributed by atoms with Crippen molar-refractivity contribution in [2.24, 2.45) is 0 Å². The van der Waals surface area contributed by atoms with Gasteiger partial charge < -0.3 is 30.2 Å². The number of carbonyl (C=O) groups excluding carboxylic acids is 3. The topological polar surface area (TPSA) is 115 Å². The molecule has 0 aliphatic carbocycles. The fourth-order valence-electron chi connectivity index (χ4n) is 5.33. The molecule has 9 nitrogen and oxygen atoms in total. The Bertz CT molecular complexity index is 2020. The molecule has 5 rings (SSSR count). The monoisotopic (exact) mass is 701 g/mol. The first-order chi connectivity index (χ1) is 24.7. The molecule has 0 aliphatic heterocycles. The molecular formula is C41H39N3O6S. The number of benzene rings is 5. The van der Waals surface area contributed by atoms with Crippen LogP contribution in [0.1, 0.15) is 37.9 Å². The molecule has 0 aromatic heterocycles. The Hall–Kier alpha value is -6.00. The molecule has 260 valence electrons. The summed E-state index contributed by atoms with van der Waals surface area (Å²) in [6.07, 6.45) is 1.53. The molecule has 10 heteroatoms. The van der Waals surface area contributed by atoms with Crippen molar-refractivity contribution in [3.63, 3.8) is 0 Å². The lowest BCUT2D eigenvalue weighted by atomic mass is 10.1. The van der Waals surface area contributed by atoms with Crippen LogP contribution in [0, 0.1) is 13.8 Å². The van der Waals surface area contributed by atoms with Gasteiger partial charge in [0.1, 0.15) is 10.9 Å². The van der Waals surface area contributed by atoms with E-state index in [1.54, 1.807) is 60.7 Å². The molecule has 51 heavy (non-hydrogen) atoms. The molecule has 3 amide bonds. The van der Waals surface area contributed by atoms with Crippen molar-refractivity contribution in [1.82, 2.24) is 5.32 Å². The summed E-state index contributed by atoms with van der Waals surface area (Å²) in [6.45, 7) is 3.97. The standard InChI is InChI=1S/C41H39N3O6S/c1-26-19-20-33(27(2)21-26)43-41(47)38(29-13-8-6-9-14-29)51-32-18-12-17-31(25-32)42-40(46)34(44-39(45)30-15-10-7-11-16-30)22-28-23-35(48-3)37(50-5)36(24-28)49-4/h6-25,38H,1-5H3,(H,42,46)(H,43,47)(H,44,45)/b34-22+. The van der Waals surface area contributed by atoms with E-state index in [0.29, 0.717) is 34.1 Å². The smallest absolute Gasteiger partial charge is 0.272 e. The fourth-order valence-corrected chi connectivity index (χ4v) is 6.41. The molecule has 1 unspecified atom stereocenters. The molecule has 0 saturated carbocycles. The van der Waals surface area contributed by atoms with Crippen molar-refractivity contribution in [3.05, 3.63) is 149 Å². The Morgan fingerprint density at radius 1 is 0.706 bits per heavy atom. The van der Waals surface area contributed by atoms with Gasteiger partial charge in [0, 0.05) is 21.8 Å². The first kappa shape index (κ1) is 36.3. The van der Waals surface area contributed by atoms with Gasteiger partial charge in [-0.2, -0.15) is 0 Å². The molecule has 0 fully saturated rings. The van der Waals surface area contributed by atoms with E-state index in [2.05, 4.69) is 16.0 Å². The normalized spacial score (nSPS) is 11.6. The van der Waals surface area contributed by atoms with E-state index in [1.807, 2.05) is 68.4 Å². The average molecular weight is 702 g/mol. The van der Waals surface area contributed by atoms with Crippen LogP contribution in [0.25, 0.3) is 6.08 Å². The molecule has 5 aromatic rings. The number of nitrogens with one attached hydrogen (secondary N) is 3. The Labute approximate surface area is 302 Å². The van der Waals surface area contributed by atoms with Crippen LogP contribution in [0.15, 0.2) is 126 Å². The van der Waals surface area contributed by atoms with Crippen LogP contribution in [0.5, 0.6) is 17.2 Å². The summed E-state index contributed by atoms with van der Waals surface area (Å²) in [5.41, 5.74) is 5.01. The number of rotatable bonds is 13. The lowest BCUT2D eigenvalue weighted by Crippen LogP contribution is -2.30. The van der Waals surface area contributed by atoms with Gasteiger partial charge in [-0.1, -0.05) is 72.3 Å². The van der Waals surface area contributed by atoms with Gasteiger partial charge in [0.05, 0.1) is 21.3 Å². The number of hydrogen-bond acceptors (Lipinski definition) is 7. The fraction of sp³-hybridized carbons (Fsp3) is 0.146. The number of thioether (sulfide) groups is 1. The third-order valence-corrected chi connectivity index (χ3v) is 9.10. The summed E-state index contributed by atoms with van der Waals surface area (Å²) >= 11 is 1.36. The minimum absolute atomic E-state index is 0.0220. The first-order valence-electron chi connectivity index (χ1n) is 16.1. The predicted molar refractivity (Wildman–Crippen MR) is 203 cm³/mol. The Kier molecular flexibility index (Phi) is 12.2. The van der Waals surface area contributed by atoms with Gasteiger partial charge in [0.2, 0.25) is 11.7 Å². The van der Waals surface area contributed by atoms with E-state index in [0.717, 1.165) is 27.3 Å². The number of anilines is 2. The van der Waals surface area contributed by atoms with E-state index >= 15 is 0 Å². The van der Waals surface area contributed by atoms with Gasteiger partial charge in [0.15, 0.2) is 11.5 Å². The highest BCUT2D eigenvalue weighted by Gasteiger charge is 2.24. The Morgan fingerprint density at radius 2 is 1.37 bits per heavy atom. The second-order valence-electron chi connectivity index (χ2n) is 11.5. The van der Waals surface area contributed by atoms with Crippen LogP contribution in [0.2, 0.25) is 0 Å². The van der Waals surface area contributed by atoms with Gasteiger partial charge >= 0.3 is 0 Å². The molecule has 1 atom stereocenters. The number of aryl methyl sites for hydroxylation is 2. The summed E-state index contributed by atoms with van der Waals surface area (Å²) in [5, 5.41) is 8.18. The van der Waals surface area contributed by atoms with Gasteiger partial charge in [-0.05, 0) is 85.1 Å². The zero-order valence-corrected chi connectivity index (χ0v) is 29.8. The second kappa shape index (κ2) is 17.1. The highest BCUT2D eigenvalue weighted by molar-refractivity contribution is 8.00. The van der Waals surface area contributed by atoms with E-state index in [9.17, 15) is 14.4 Å². The van der Waals surface area contributed by atoms with E-state index < -0.39 is 17.1 Å². The molecule has 0 heterocycles. The van der Waals surface area contributed by atoms with Crippen molar-refractivity contribution in [2.45, 2.75) is 24.0 Å². The van der Waals surface area contributed by atoms with E-state index in [1.165, 1.54) is 39.2 Å². The summed E-state index contributed by atoms with van der Waals surface area (Å²) < 4.78 is 16.4. The lowest BCUT2D eigenvalue weighted by molar-refractivity contribution is -0.116. The first-order valence-corrected chi connectivity index (χ1v) is 17.0. The second-order valence-corrected chi connectivity index (χ2v) is 12.7. The maximum absolute atomic E-state index is 13.9. The van der Waals surface area contributed by atoms with Gasteiger partial charge in [0.25, 0.3) is 11.8 Å². The summed E-state index contributed by atoms with van der Waals surface area (Å²) in [4.78, 5) is 41.6. The SMILES string of the molecule is COc1cc(/C=C(/NC(=O)c2ccccc2)C(=O)Nc2cccc(SC(C(=O)Nc3ccc(C)cc3C)c3ccccc3)c2)cc(OC)c1OC. The van der Waals surface area contributed by atoms with Crippen molar-refractivity contribution in [1.29, 1.82) is 0 Å². The van der Waals surface area contributed by atoms with Crippen LogP contribution >= 0.6 is 11.8 Å². The van der Waals surface area contributed by atoms with Crippen LogP contribution < -0.4 is 30.2 Å². The maximum atomic E-state index is 13.9. The van der Waals surface area contributed by atoms with Crippen molar-refractivity contribution in [2.75, 3.05) is 32.0 Å². The number of carbonyl (C=O) groups is 3. The zero-order chi connectivity index (χ0) is 36.3. The number of ether oxygens (including phenoxy) is 3. The van der Waals surface area contributed by atoms with Crippen LogP contribution in [-0.2, 0) is 9.59 Å². The van der Waals surface area contributed by atoms with Gasteiger partial charge in [-0.25, -0.2) is 0 Å². The minimum atomic E-state index is -0.585. The molecule has 3 N–H and O–H groups in total. The summed E-state index contributed by atoms with van der Waals surface area (Å²) in [5.74, 6) is -0.0428. The van der Waals surface area contributed by atoms with E-state index in [-0.39, 0.29) is 11.6 Å². The van der Waals surface area contributed by atoms with Crippen molar-refractivity contribution < 1.29 is 28.6 Å². The largest absolute Gasteiger partial charge is 0.493 e. The third-order valence-electron chi connectivity index (χ3n) is 7.85. The number of amides is 3. The molecule has 0 bridgehead atoms. The number of methoxy groups -OCH3 is 3. The molecular weight excluding hydrogens is 663 g/mol. The number of hydrogen-bond donors (Lipinski definition) is 3. The summed E-state index contributed by atoms with van der Waals surface area (Å²) in [6, 6.07) is 34.6. The molecule has 0 saturated heterocycles. The van der Waals surface area contributed by atoms with E-state index in [4.69, 9.17) is 14.2 Å². The minimum Gasteiger partial charge on any atom is -0.493 e. The molecule has 0 aliphatic rings. The highest BCUT2D eigenvalue weighted by Crippen LogP contribution is 2.39. The quantitative estimate of drug-likeness (QED) is 0.0838. The van der Waals surface area contributed by atoms with Crippen molar-refractivity contribution >= 4 is 46.9 Å². The molecule has 5 aromatic carbocycles. The van der Waals surface area contributed by atoms with Crippen LogP contribution in [0.3, 0.4) is 0 Å². The van der Waals surface area contributed by atoms with Gasteiger partial charge in [-0.15, -0.1) is 11.8 Å². The van der Waals surface area contributed by atoms with Crippen LogP contribution in [0.4, 0.5) is 11.4 Å². The maximum Gasteiger partial charge on any atom is 0.272 e. The van der Waals surface area contributed by atoms with Crippen molar-refractivity contribution in [3.8, 4) is 17.2 Å². The lowest BCUT2D eigenvalue weighted by Gasteiger charge is -2.19. The zero-order valence-electron chi connectivity index (χ0n) is 29.0. The average Bonchev–Trinajstić information content (AvgIpc) is 3.15. The molecule has 0 radical (unpaired) electrons. The molecule has 0 spiro atoms. The Morgan fingerprint density at radius 3 is 2.00 bits per heavy atom. The highest BCUT2D eigenvalue weighted by atomic mass is 32.2. The van der Waals surface area contributed by atoms with Crippen LogP contribution in [-0.4, -0.2) is 39.1 Å².